The fourth-order valence-electron chi connectivity index (χ4n) is 1.27. The van der Waals surface area contributed by atoms with Crippen molar-refractivity contribution in [3.05, 3.63) is 0 Å². The maximum Gasteiger partial charge on any atom is 0.247 e. The van der Waals surface area contributed by atoms with Crippen molar-refractivity contribution in [3.8, 4) is 0 Å². The molecule has 4 heteroatoms. The van der Waals surface area contributed by atoms with Crippen molar-refractivity contribution in [3.63, 3.8) is 0 Å². The van der Waals surface area contributed by atoms with Crippen LogP contribution in [0.15, 0.2) is 4.40 Å². The van der Waals surface area contributed by atoms with Crippen LogP contribution in [0.2, 0.25) is 0 Å². The number of carbonyl (C=O) groups excluding carboxylic acids is 2. The summed E-state index contributed by atoms with van der Waals surface area (Å²) in [5.74, 6) is 0.167. The molecule has 0 spiro atoms. The Labute approximate surface area is 89.5 Å². The topological polar surface area (TPSA) is 46.5 Å². The molecule has 0 unspecified atom stereocenters. The van der Waals surface area contributed by atoms with Crippen molar-refractivity contribution in [2.75, 3.05) is 0 Å². The molecule has 0 amide bonds. The van der Waals surface area contributed by atoms with Gasteiger partial charge in [-0.25, -0.2) is 4.79 Å². The van der Waals surface area contributed by atoms with E-state index in [9.17, 15) is 9.59 Å². The van der Waals surface area contributed by atoms with Crippen LogP contribution >= 0.6 is 11.9 Å². The van der Waals surface area contributed by atoms with Gasteiger partial charge in [-0.05, 0) is 38.6 Å². The minimum atomic E-state index is 0.167. The normalized spacial score (nSPS) is 16.1. The van der Waals surface area contributed by atoms with Gasteiger partial charge in [0.2, 0.25) is 6.08 Å². The molecular formula is C10H17NO2S. The van der Waals surface area contributed by atoms with Gasteiger partial charge in [0, 0.05) is 5.25 Å². The first kappa shape index (κ1) is 13.4. The lowest BCUT2D eigenvalue weighted by Gasteiger charge is -2.17. The molecule has 1 aliphatic carbocycles. The van der Waals surface area contributed by atoms with Crippen LogP contribution in [0.4, 0.5) is 0 Å². The molecule has 0 atom stereocenters. The molecule has 1 fully saturated rings. The van der Waals surface area contributed by atoms with E-state index in [1.54, 1.807) is 6.08 Å². The van der Waals surface area contributed by atoms with Gasteiger partial charge in [0.05, 0.1) is 0 Å². The lowest BCUT2D eigenvalue weighted by atomic mass is 10.0. The van der Waals surface area contributed by atoms with Crippen LogP contribution < -0.4 is 0 Å². The monoisotopic (exact) mass is 215 g/mol. The summed E-state index contributed by atoms with van der Waals surface area (Å²) in [6, 6.07) is 0. The summed E-state index contributed by atoms with van der Waals surface area (Å²) in [4.78, 5) is 19.2. The average Bonchev–Trinajstić information content (AvgIpc) is 2.15. The van der Waals surface area contributed by atoms with E-state index < -0.39 is 0 Å². The van der Waals surface area contributed by atoms with Crippen molar-refractivity contribution < 1.29 is 9.59 Å². The van der Waals surface area contributed by atoms with Crippen LogP contribution in [-0.2, 0) is 9.59 Å². The molecule has 0 saturated heterocycles. The highest BCUT2D eigenvalue weighted by Gasteiger charge is 2.12. The van der Waals surface area contributed by atoms with E-state index in [-0.39, 0.29) is 5.78 Å². The highest BCUT2D eigenvalue weighted by Crippen LogP contribution is 2.28. The van der Waals surface area contributed by atoms with Gasteiger partial charge in [-0.15, -0.1) is 4.40 Å². The van der Waals surface area contributed by atoms with Crippen molar-refractivity contribution >= 4 is 23.8 Å². The van der Waals surface area contributed by atoms with Gasteiger partial charge in [-0.3, -0.25) is 0 Å². The molecule has 0 N–H and O–H groups in total. The Balaban J connectivity index is 0.000000364. The molecule has 80 valence electrons. The summed E-state index contributed by atoms with van der Waals surface area (Å²) in [6.45, 7) is 3.06. The molecule has 0 aromatic rings. The summed E-state index contributed by atoms with van der Waals surface area (Å²) in [5.41, 5.74) is 0. The van der Waals surface area contributed by atoms with E-state index in [0.717, 1.165) is 0 Å². The molecule has 1 rings (SSSR count). The van der Waals surface area contributed by atoms with E-state index in [1.807, 2.05) is 0 Å². The lowest BCUT2D eigenvalue weighted by Crippen LogP contribution is -2.06. The zero-order valence-corrected chi connectivity index (χ0v) is 9.60. The Morgan fingerprint density at radius 3 is 2.21 bits per heavy atom. The SMILES string of the molecule is CC(C)=O.O=C=NSC1CCCCC1. The van der Waals surface area contributed by atoms with Crippen LogP contribution in [0, 0.1) is 0 Å². The molecule has 0 aromatic heterocycles. The number of isocyanates is 1. The second-order valence-electron chi connectivity index (χ2n) is 3.46. The Morgan fingerprint density at radius 1 is 1.29 bits per heavy atom. The molecular weight excluding hydrogens is 198 g/mol. The van der Waals surface area contributed by atoms with Crippen molar-refractivity contribution in [1.29, 1.82) is 0 Å². The number of rotatable bonds is 2. The zero-order chi connectivity index (χ0) is 10.8. The third-order valence-corrected chi connectivity index (χ3v) is 2.74. The molecule has 14 heavy (non-hydrogen) atoms. The number of hydrogen-bond acceptors (Lipinski definition) is 4. The largest absolute Gasteiger partial charge is 0.300 e. The average molecular weight is 215 g/mol. The molecule has 0 aliphatic heterocycles. The lowest BCUT2D eigenvalue weighted by molar-refractivity contribution is -0.114. The van der Waals surface area contributed by atoms with Gasteiger partial charge in [-0.1, -0.05) is 19.3 Å². The molecule has 1 aliphatic rings. The third kappa shape index (κ3) is 9.49. The smallest absolute Gasteiger partial charge is 0.247 e. The van der Waals surface area contributed by atoms with E-state index in [0.29, 0.717) is 5.25 Å². The fourth-order valence-corrected chi connectivity index (χ4v) is 2.00. The summed E-state index contributed by atoms with van der Waals surface area (Å²) in [6.07, 6.45) is 7.93. The first-order valence-electron chi connectivity index (χ1n) is 4.87. The zero-order valence-electron chi connectivity index (χ0n) is 8.78. The Hall–Kier alpha value is -0.600. The number of hydrogen-bond donors (Lipinski definition) is 0. The fraction of sp³-hybridized carbons (Fsp3) is 0.800. The molecule has 3 nitrogen and oxygen atoms in total. The van der Waals surface area contributed by atoms with Gasteiger partial charge in [0.15, 0.2) is 0 Å². The second kappa shape index (κ2) is 8.97. The van der Waals surface area contributed by atoms with E-state index in [1.165, 1.54) is 57.9 Å². The Morgan fingerprint density at radius 2 is 1.79 bits per heavy atom. The highest BCUT2D eigenvalue weighted by molar-refractivity contribution is 7.98. The van der Waals surface area contributed by atoms with Crippen LogP contribution in [0.1, 0.15) is 46.0 Å². The van der Waals surface area contributed by atoms with Crippen LogP contribution in [0.3, 0.4) is 0 Å². The van der Waals surface area contributed by atoms with Crippen molar-refractivity contribution in [2.24, 2.45) is 4.40 Å². The van der Waals surface area contributed by atoms with Gasteiger partial charge in [-0.2, -0.15) is 0 Å². The highest BCUT2D eigenvalue weighted by atomic mass is 32.2. The quantitative estimate of drug-likeness (QED) is 0.404. The van der Waals surface area contributed by atoms with Crippen LogP contribution in [-0.4, -0.2) is 17.1 Å². The number of nitrogens with zero attached hydrogens (tertiary/aromatic N) is 1. The minimum Gasteiger partial charge on any atom is -0.300 e. The molecule has 0 bridgehead atoms. The first-order chi connectivity index (χ1) is 6.66. The van der Waals surface area contributed by atoms with Gasteiger partial charge >= 0.3 is 0 Å². The molecule has 0 aromatic carbocycles. The van der Waals surface area contributed by atoms with E-state index in [2.05, 4.69) is 4.40 Å². The Kier molecular flexibility index (Phi) is 8.59. The predicted molar refractivity (Wildman–Crippen MR) is 58.9 cm³/mol. The van der Waals surface area contributed by atoms with Crippen molar-refractivity contribution in [1.82, 2.24) is 0 Å². The predicted octanol–water partition coefficient (Wildman–Crippen LogP) is 2.90. The standard InChI is InChI=1S/C7H11NOS.C3H6O/c9-6-8-10-7-4-2-1-3-5-7;1-3(2)4/h7H,1-5H2;1-2H3. The minimum absolute atomic E-state index is 0.167. The number of carbonyl (C=O) groups is 1. The van der Waals surface area contributed by atoms with Crippen molar-refractivity contribution in [2.45, 2.75) is 51.2 Å². The van der Waals surface area contributed by atoms with Crippen LogP contribution in [0.5, 0.6) is 0 Å². The van der Waals surface area contributed by atoms with E-state index >= 15 is 0 Å². The summed E-state index contributed by atoms with van der Waals surface area (Å²) in [7, 11) is 0. The summed E-state index contributed by atoms with van der Waals surface area (Å²) < 4.78 is 3.51. The number of Topliss-reactive ketones (excluding diaryl/α,β-unsaturated/α-hetero) is 1. The molecule has 0 radical (unpaired) electrons. The van der Waals surface area contributed by atoms with Crippen LogP contribution in [0.25, 0.3) is 0 Å². The summed E-state index contributed by atoms with van der Waals surface area (Å²) in [5, 5.41) is 0.593. The maximum atomic E-state index is 9.74. The Bertz CT molecular complexity index is 202. The number of ketones is 1. The second-order valence-corrected chi connectivity index (χ2v) is 4.52. The first-order valence-corrected chi connectivity index (χ1v) is 5.70. The molecule has 1 saturated carbocycles. The van der Waals surface area contributed by atoms with E-state index in [4.69, 9.17) is 0 Å². The van der Waals surface area contributed by atoms with Gasteiger partial charge < -0.3 is 4.79 Å². The van der Waals surface area contributed by atoms with Gasteiger partial charge in [0.1, 0.15) is 5.78 Å². The van der Waals surface area contributed by atoms with Gasteiger partial charge in [0.25, 0.3) is 0 Å². The maximum absolute atomic E-state index is 9.74. The summed E-state index contributed by atoms with van der Waals surface area (Å²) >= 11 is 1.40. The molecule has 0 heterocycles. The third-order valence-electron chi connectivity index (χ3n) is 1.79.